The van der Waals surface area contributed by atoms with Gasteiger partial charge in [-0.25, -0.2) is 0 Å². The molecule has 1 unspecified atom stereocenters. The number of halogens is 2. The third-order valence-electron chi connectivity index (χ3n) is 2.80. The van der Waals surface area contributed by atoms with Gasteiger partial charge in [-0.1, -0.05) is 37.0 Å². The Morgan fingerprint density at radius 3 is 2.29 bits per heavy atom. The summed E-state index contributed by atoms with van der Waals surface area (Å²) in [6, 6.07) is 0. The van der Waals surface area contributed by atoms with Gasteiger partial charge in [-0.05, 0) is 24.8 Å². The Labute approximate surface area is 94.2 Å². The molecule has 0 N–H and O–H groups in total. The molecule has 1 aliphatic carbocycles. The third kappa shape index (κ3) is 1.91. The fourth-order valence-electron chi connectivity index (χ4n) is 1.75. The molecular weight excluding hydrogens is 223 g/mol. The molecule has 80 valence electrons. The van der Waals surface area contributed by atoms with Crippen molar-refractivity contribution in [2.24, 2.45) is 10.8 Å². The van der Waals surface area contributed by atoms with E-state index in [0.29, 0.717) is 6.61 Å². The van der Waals surface area contributed by atoms with Crippen molar-refractivity contribution in [3.05, 3.63) is 10.6 Å². The minimum absolute atomic E-state index is 0.103. The van der Waals surface area contributed by atoms with E-state index in [2.05, 4.69) is 0 Å². The summed E-state index contributed by atoms with van der Waals surface area (Å²) in [5.41, 5.74) is -0.712. The van der Waals surface area contributed by atoms with Crippen LogP contribution in [-0.2, 0) is 9.53 Å². The highest BCUT2D eigenvalue weighted by atomic mass is 35.5. The molecule has 0 heterocycles. The molecule has 1 rings (SSSR count). The van der Waals surface area contributed by atoms with Gasteiger partial charge in [0.25, 0.3) is 0 Å². The first-order valence-corrected chi connectivity index (χ1v) is 5.32. The summed E-state index contributed by atoms with van der Waals surface area (Å²) in [4.78, 5) is 11.7. The van der Waals surface area contributed by atoms with Crippen molar-refractivity contribution in [2.45, 2.75) is 27.2 Å². The fraction of sp³-hybridized carbons (Fsp3) is 0.700. The number of hydrogen-bond donors (Lipinski definition) is 0. The van der Waals surface area contributed by atoms with Crippen LogP contribution in [0.4, 0.5) is 0 Å². The summed E-state index contributed by atoms with van der Waals surface area (Å²) in [6.45, 7) is 6.16. The van der Waals surface area contributed by atoms with Crippen molar-refractivity contribution in [1.29, 1.82) is 0 Å². The van der Waals surface area contributed by atoms with Crippen LogP contribution >= 0.6 is 23.2 Å². The molecule has 1 aliphatic rings. The second kappa shape index (κ2) is 3.74. The normalized spacial score (nSPS) is 28.1. The summed E-state index contributed by atoms with van der Waals surface area (Å²) < 4.78 is 5.13. The van der Waals surface area contributed by atoms with E-state index in [1.54, 1.807) is 13.0 Å². The van der Waals surface area contributed by atoms with Gasteiger partial charge in [0.05, 0.1) is 12.0 Å². The van der Waals surface area contributed by atoms with Crippen LogP contribution in [0.5, 0.6) is 0 Å². The van der Waals surface area contributed by atoms with Gasteiger partial charge in [0, 0.05) is 0 Å². The Hall–Kier alpha value is -0.210. The number of esters is 1. The molecule has 0 spiro atoms. The zero-order valence-electron chi connectivity index (χ0n) is 8.56. The largest absolute Gasteiger partial charge is 0.465 e. The summed E-state index contributed by atoms with van der Waals surface area (Å²) in [5.74, 6) is -0.233. The Morgan fingerprint density at radius 1 is 1.50 bits per heavy atom. The molecule has 2 nitrogen and oxygen atoms in total. The average Bonchev–Trinajstić information content (AvgIpc) is 2.53. The van der Waals surface area contributed by atoms with Gasteiger partial charge in [0.1, 0.15) is 4.49 Å². The van der Waals surface area contributed by atoms with Crippen LogP contribution in [0.25, 0.3) is 0 Å². The molecule has 0 aromatic heterocycles. The van der Waals surface area contributed by atoms with E-state index in [4.69, 9.17) is 27.9 Å². The number of ether oxygens (including phenoxy) is 1. The van der Waals surface area contributed by atoms with Crippen LogP contribution in [-0.4, -0.2) is 12.6 Å². The van der Waals surface area contributed by atoms with Gasteiger partial charge in [0.15, 0.2) is 0 Å². The van der Waals surface area contributed by atoms with Gasteiger partial charge in [-0.3, -0.25) is 4.79 Å². The molecule has 0 saturated heterocycles. The molecule has 1 fully saturated rings. The van der Waals surface area contributed by atoms with E-state index in [-0.39, 0.29) is 15.9 Å². The van der Waals surface area contributed by atoms with E-state index >= 15 is 0 Å². The van der Waals surface area contributed by atoms with Crippen molar-refractivity contribution < 1.29 is 9.53 Å². The topological polar surface area (TPSA) is 26.3 Å². The lowest BCUT2D eigenvalue weighted by atomic mass is 9.96. The molecule has 4 heteroatoms. The minimum atomic E-state index is -0.609. The van der Waals surface area contributed by atoms with Gasteiger partial charge in [-0.15, -0.1) is 0 Å². The maximum absolute atomic E-state index is 11.7. The molecule has 1 saturated carbocycles. The SMILES string of the molecule is CCOC(=O)C1(C=C(Cl)Cl)CC1(C)C. The molecule has 14 heavy (non-hydrogen) atoms. The number of hydrogen-bond acceptors (Lipinski definition) is 2. The molecule has 0 aliphatic heterocycles. The molecule has 0 amide bonds. The third-order valence-corrected chi connectivity index (χ3v) is 3.02. The smallest absolute Gasteiger partial charge is 0.316 e. The monoisotopic (exact) mass is 236 g/mol. The van der Waals surface area contributed by atoms with E-state index < -0.39 is 5.41 Å². The van der Waals surface area contributed by atoms with Crippen LogP contribution < -0.4 is 0 Å². The summed E-state index contributed by atoms with van der Waals surface area (Å²) in [7, 11) is 0. The van der Waals surface area contributed by atoms with Crippen LogP contribution in [0.1, 0.15) is 27.2 Å². The Balaban J connectivity index is 2.88. The molecule has 0 bridgehead atoms. The highest BCUT2D eigenvalue weighted by Gasteiger charge is 2.66. The van der Waals surface area contributed by atoms with Gasteiger partial charge in [0.2, 0.25) is 0 Å². The summed E-state index contributed by atoms with van der Waals surface area (Å²) in [5, 5.41) is 0. The van der Waals surface area contributed by atoms with E-state index in [9.17, 15) is 4.79 Å². The van der Waals surface area contributed by atoms with Crippen molar-refractivity contribution in [2.75, 3.05) is 6.61 Å². The molecule has 0 aromatic rings. The Bertz CT molecular complexity index is 280. The predicted octanol–water partition coefficient (Wildman–Crippen LogP) is 3.28. The van der Waals surface area contributed by atoms with Crippen molar-refractivity contribution in [1.82, 2.24) is 0 Å². The van der Waals surface area contributed by atoms with Crippen molar-refractivity contribution in [3.8, 4) is 0 Å². The van der Waals surface area contributed by atoms with E-state index in [1.807, 2.05) is 13.8 Å². The predicted molar refractivity (Wildman–Crippen MR) is 57.3 cm³/mol. The quantitative estimate of drug-likeness (QED) is 0.704. The molecule has 0 radical (unpaired) electrons. The maximum Gasteiger partial charge on any atom is 0.316 e. The van der Waals surface area contributed by atoms with Crippen LogP contribution in [0.3, 0.4) is 0 Å². The minimum Gasteiger partial charge on any atom is -0.465 e. The van der Waals surface area contributed by atoms with Gasteiger partial charge in [-0.2, -0.15) is 0 Å². The Kier molecular flexibility index (Phi) is 3.17. The molecular formula is C10H14Cl2O2. The molecule has 0 aromatic carbocycles. The van der Waals surface area contributed by atoms with Gasteiger partial charge < -0.3 is 4.74 Å². The zero-order chi connectivity index (χ0) is 11.0. The first kappa shape index (κ1) is 11.9. The number of rotatable bonds is 3. The lowest BCUT2D eigenvalue weighted by Crippen LogP contribution is -2.22. The lowest BCUT2D eigenvalue weighted by Gasteiger charge is -2.14. The highest BCUT2D eigenvalue weighted by molar-refractivity contribution is 6.56. The lowest BCUT2D eigenvalue weighted by molar-refractivity contribution is -0.148. The average molecular weight is 237 g/mol. The summed E-state index contributed by atoms with van der Waals surface area (Å²) in [6.07, 6.45) is 2.33. The second-order valence-corrected chi connectivity index (χ2v) is 5.19. The van der Waals surface area contributed by atoms with Crippen LogP contribution in [0, 0.1) is 10.8 Å². The van der Waals surface area contributed by atoms with Crippen molar-refractivity contribution in [3.63, 3.8) is 0 Å². The van der Waals surface area contributed by atoms with E-state index in [1.165, 1.54) is 0 Å². The summed E-state index contributed by atoms with van der Waals surface area (Å²) >= 11 is 11.2. The zero-order valence-corrected chi connectivity index (χ0v) is 10.1. The molecule has 1 atom stereocenters. The van der Waals surface area contributed by atoms with Crippen molar-refractivity contribution >= 4 is 29.2 Å². The number of carbonyl (C=O) groups is 1. The van der Waals surface area contributed by atoms with E-state index in [0.717, 1.165) is 6.42 Å². The maximum atomic E-state index is 11.7. The highest BCUT2D eigenvalue weighted by Crippen LogP contribution is 2.65. The van der Waals surface area contributed by atoms with Crippen LogP contribution in [0.15, 0.2) is 10.6 Å². The second-order valence-electron chi connectivity index (χ2n) is 4.19. The standard InChI is InChI=1S/C10H14Cl2O2/c1-4-14-8(13)10(5-7(11)12)6-9(10,2)3/h5H,4,6H2,1-3H3. The first-order valence-electron chi connectivity index (χ1n) is 4.57. The fourth-order valence-corrected chi connectivity index (χ4v) is 2.13. The van der Waals surface area contributed by atoms with Gasteiger partial charge >= 0.3 is 5.97 Å². The Morgan fingerprint density at radius 2 is 2.00 bits per heavy atom. The van der Waals surface area contributed by atoms with Crippen LogP contribution in [0.2, 0.25) is 0 Å². The number of carbonyl (C=O) groups excluding carboxylic acids is 1. The first-order chi connectivity index (χ1) is 6.35.